The van der Waals surface area contributed by atoms with Crippen LogP contribution in [0.1, 0.15) is 0 Å². The normalized spacial score (nSPS) is 12.3. The van der Waals surface area contributed by atoms with Crippen LogP contribution in [0.15, 0.2) is 512 Å². The summed E-state index contributed by atoms with van der Waals surface area (Å²) in [6.07, 6.45) is 0. The Balaban J connectivity index is 0.0000000976. The maximum Gasteiger partial charge on any atom is 0.159 e. The van der Waals surface area contributed by atoms with Gasteiger partial charge in [0.25, 0.3) is 0 Å². The molecule has 12 nitrogen and oxygen atoms in total. The van der Waals surface area contributed by atoms with Gasteiger partial charge in [-0.15, -0.1) is 0 Å². The summed E-state index contributed by atoms with van der Waals surface area (Å²) >= 11 is 0. The molecule has 0 unspecified atom stereocenters. The molecule has 0 atom stereocenters. The van der Waals surface area contributed by atoms with Crippen LogP contribution in [-0.2, 0) is 0 Å². The molecule has 0 amide bonds. The van der Waals surface area contributed by atoms with Crippen LogP contribution < -0.4 is 0 Å². The van der Waals surface area contributed by atoms with Gasteiger partial charge in [0.15, 0.2) is 5.58 Å². The first-order valence-corrected chi connectivity index (χ1v) is 51.0. The molecule has 0 fully saturated rings. The van der Waals surface area contributed by atoms with Crippen molar-refractivity contribution >= 4 is 262 Å². The highest BCUT2D eigenvalue weighted by molar-refractivity contribution is 6.36. The lowest BCUT2D eigenvalue weighted by atomic mass is 10.0. The number of para-hydroxylation sites is 15. The first-order chi connectivity index (χ1) is 74.5. The molecule has 0 saturated carbocycles. The largest absolute Gasteiger partial charge is 0.455 e. The summed E-state index contributed by atoms with van der Waals surface area (Å²) in [6.45, 7) is 0. The standard InChI is InChI=1S/2C48H28N2O2.C42H24N2O2/c1-2-13-30(14-3-1)49-39-21-7-4-18-37(39)44-40(49)27-25-38-45-41(26-24-36-34-17-6-9-23-43(34)52-48(36)45)50(46(38)44)31-15-10-12-29(28-31)32-19-11-20-35-33-16-5-8-22-42(33)51-47(32)35;1-2-11-30(12-3-1)49-39-18-7-4-15-37(39)44-40(49)28-26-38-45-41(27-25-36-34-14-6-9-20-43(34)52-48(36)45)50(46(38)44)31-23-21-29(22-24-31)32-16-10-17-35-33-13-5-8-19-42(33)51-47(32)35;1-2-11-25(12-3-1)43-32-17-7-4-15-30(32)38-33(43)24-22-31-39-34(23-21-29-27-14-6-9-20-37(27)46-42(29)39)44(40(31)38)35-18-10-16-28-26-13-5-8-19-36(26)45-41(28)35/h2*1-28H;1-24H. The molecule has 23 aromatic carbocycles. The first-order valence-electron chi connectivity index (χ1n) is 51.0. The minimum absolute atomic E-state index is 0.871. The Bertz CT molecular complexity index is 11900. The predicted octanol–water partition coefficient (Wildman–Crippen LogP) is 38.4. The topological polar surface area (TPSA) is 108 Å². The minimum Gasteiger partial charge on any atom is -0.455 e. The van der Waals surface area contributed by atoms with E-state index in [1.54, 1.807) is 0 Å². The molecule has 35 aromatic rings. The van der Waals surface area contributed by atoms with Gasteiger partial charge in [-0.2, -0.15) is 0 Å². The van der Waals surface area contributed by atoms with E-state index in [1.807, 2.05) is 48.5 Å². The van der Waals surface area contributed by atoms with Crippen molar-refractivity contribution in [3.63, 3.8) is 0 Å². The zero-order chi connectivity index (χ0) is 97.8. The summed E-state index contributed by atoms with van der Waals surface area (Å²) in [5, 5.41) is 27.6. The second-order valence-corrected chi connectivity index (χ2v) is 39.4. The Morgan fingerprint density at radius 2 is 0.380 bits per heavy atom. The van der Waals surface area contributed by atoms with E-state index in [2.05, 4.69) is 464 Å². The number of nitrogens with zero attached hydrogens (tertiary/aromatic N) is 6. The van der Waals surface area contributed by atoms with Gasteiger partial charge in [-0.3, -0.25) is 0 Å². The molecular weight excluding hydrogens is 1840 g/mol. The molecular formula is C138H80N6O6. The number of rotatable bonds is 8. The summed E-state index contributed by atoms with van der Waals surface area (Å²) in [7, 11) is 0. The summed E-state index contributed by atoms with van der Waals surface area (Å²) in [5.74, 6) is 0. The second-order valence-electron chi connectivity index (χ2n) is 39.4. The maximum atomic E-state index is 6.74. The monoisotopic (exact) mass is 1920 g/mol. The van der Waals surface area contributed by atoms with Gasteiger partial charge in [-0.1, -0.05) is 291 Å². The zero-order valence-electron chi connectivity index (χ0n) is 80.3. The molecule has 0 saturated heterocycles. The lowest BCUT2D eigenvalue weighted by Crippen LogP contribution is -1.96. The highest BCUT2D eigenvalue weighted by atomic mass is 16.4. The molecule has 0 bridgehead atoms. The molecule has 0 radical (unpaired) electrons. The second kappa shape index (κ2) is 31.6. The molecule has 0 aliphatic rings. The van der Waals surface area contributed by atoms with Gasteiger partial charge in [0.05, 0.1) is 88.0 Å². The Morgan fingerprint density at radius 3 is 0.760 bits per heavy atom. The van der Waals surface area contributed by atoms with Crippen molar-refractivity contribution in [1.29, 1.82) is 0 Å². The van der Waals surface area contributed by atoms with Crippen LogP contribution in [0.4, 0.5) is 0 Å². The van der Waals surface area contributed by atoms with E-state index >= 15 is 0 Å². The van der Waals surface area contributed by atoms with Crippen LogP contribution in [0.5, 0.6) is 0 Å². The third-order valence-electron chi connectivity index (χ3n) is 31.5. The molecule has 0 spiro atoms. The van der Waals surface area contributed by atoms with Crippen molar-refractivity contribution in [2.75, 3.05) is 0 Å². The van der Waals surface area contributed by atoms with Gasteiger partial charge in [0.1, 0.15) is 61.4 Å². The lowest BCUT2D eigenvalue weighted by Gasteiger charge is -2.12. The minimum atomic E-state index is 0.871. The molecule has 0 aliphatic heterocycles. The third kappa shape index (κ3) is 11.7. The third-order valence-corrected chi connectivity index (χ3v) is 31.5. The Labute approximate surface area is 852 Å². The number of benzene rings is 23. The molecule has 150 heavy (non-hydrogen) atoms. The summed E-state index contributed by atoms with van der Waals surface area (Å²) < 4.78 is 54.2. The van der Waals surface area contributed by atoms with Gasteiger partial charge in [0.2, 0.25) is 0 Å². The average Bonchev–Trinajstić information content (AvgIpc) is 1.53. The summed E-state index contributed by atoms with van der Waals surface area (Å²) in [4.78, 5) is 0. The van der Waals surface area contributed by atoms with Crippen LogP contribution in [-0.4, -0.2) is 27.4 Å². The molecule has 12 heteroatoms. The van der Waals surface area contributed by atoms with Crippen LogP contribution in [0, 0.1) is 0 Å². The smallest absolute Gasteiger partial charge is 0.159 e. The molecule has 35 rings (SSSR count). The van der Waals surface area contributed by atoms with E-state index in [1.165, 1.54) is 59.8 Å². The summed E-state index contributed by atoms with van der Waals surface area (Å²) in [6, 6.07) is 172. The SMILES string of the molecule is c1ccc(-n2c3ccccc3c3c2ccc2c4c5oc6ccccc6c5ccc4n(-c4ccc(-c5cccc6c5oc5ccccc56)cc4)c23)cc1.c1ccc(-n2c3ccccc3c3c2ccc2c4c5oc6ccccc6c5ccc4n(-c4cccc(-c5cccc6c5oc5ccccc56)c4)c23)cc1.c1ccc(-n2c3ccccc3c3c2ccc2c4c5oc6ccccc6c5ccc4n(-c4cccc5c4oc4ccccc45)c23)cc1. The van der Waals surface area contributed by atoms with Crippen molar-refractivity contribution in [3.8, 4) is 56.4 Å². The van der Waals surface area contributed by atoms with Crippen molar-refractivity contribution in [2.45, 2.75) is 0 Å². The number of furan rings is 6. The number of fused-ring (bicyclic) bond motifs is 42. The zero-order valence-corrected chi connectivity index (χ0v) is 80.3. The van der Waals surface area contributed by atoms with Gasteiger partial charge in [-0.25, -0.2) is 0 Å². The fourth-order valence-electron chi connectivity index (χ4n) is 25.3. The highest BCUT2D eigenvalue weighted by Crippen LogP contribution is 2.53. The van der Waals surface area contributed by atoms with Crippen LogP contribution >= 0.6 is 0 Å². The fraction of sp³-hybridized carbons (Fsp3) is 0. The van der Waals surface area contributed by atoms with E-state index in [-0.39, 0.29) is 0 Å². The molecule has 0 N–H and O–H groups in total. The lowest BCUT2D eigenvalue weighted by molar-refractivity contribution is 0.666. The highest BCUT2D eigenvalue weighted by Gasteiger charge is 2.31. The molecule has 0 aliphatic carbocycles. The Morgan fingerprint density at radius 1 is 0.127 bits per heavy atom. The maximum absolute atomic E-state index is 6.74. The van der Waals surface area contributed by atoms with E-state index in [4.69, 9.17) is 26.5 Å². The molecule has 698 valence electrons. The van der Waals surface area contributed by atoms with Gasteiger partial charge in [-0.05, 0) is 205 Å². The van der Waals surface area contributed by atoms with Crippen molar-refractivity contribution < 1.29 is 26.5 Å². The van der Waals surface area contributed by atoms with Crippen molar-refractivity contribution in [2.24, 2.45) is 0 Å². The van der Waals surface area contributed by atoms with Crippen molar-refractivity contribution in [1.82, 2.24) is 27.4 Å². The van der Waals surface area contributed by atoms with Gasteiger partial charge in [0, 0.05) is 153 Å². The van der Waals surface area contributed by atoms with Crippen LogP contribution in [0.25, 0.3) is 319 Å². The van der Waals surface area contributed by atoms with Crippen LogP contribution in [0.3, 0.4) is 0 Å². The molecule has 12 aromatic heterocycles. The average molecular weight is 1920 g/mol. The number of hydrogen-bond acceptors (Lipinski definition) is 6. The first kappa shape index (κ1) is 82.1. The van der Waals surface area contributed by atoms with E-state index < -0.39 is 0 Å². The number of hydrogen-bond donors (Lipinski definition) is 0. The fourth-order valence-corrected chi connectivity index (χ4v) is 25.3. The Kier molecular flexibility index (Phi) is 17.3. The van der Waals surface area contributed by atoms with Gasteiger partial charge >= 0.3 is 0 Å². The van der Waals surface area contributed by atoms with E-state index in [0.717, 1.165) is 259 Å². The Hall–Kier alpha value is -20.3. The van der Waals surface area contributed by atoms with E-state index in [0.29, 0.717) is 0 Å². The van der Waals surface area contributed by atoms with Crippen LogP contribution in [0.2, 0.25) is 0 Å². The van der Waals surface area contributed by atoms with Crippen molar-refractivity contribution in [3.05, 3.63) is 485 Å². The summed E-state index contributed by atoms with van der Waals surface area (Å²) in [5.41, 5.74) is 35.5. The predicted molar refractivity (Wildman–Crippen MR) is 620 cm³/mol. The quantitative estimate of drug-likeness (QED) is 0.150. The molecule has 12 heterocycles. The number of aromatic nitrogens is 6. The van der Waals surface area contributed by atoms with E-state index in [9.17, 15) is 0 Å². The van der Waals surface area contributed by atoms with Gasteiger partial charge < -0.3 is 53.9 Å².